The molecule has 0 N–H and O–H groups in total. The maximum absolute atomic E-state index is 11.5. The first kappa shape index (κ1) is 13.8. The third-order valence-electron chi connectivity index (χ3n) is 2.42. The number of fused-ring (bicyclic) bond motifs is 1. The van der Waals surface area contributed by atoms with Gasteiger partial charge in [-0.1, -0.05) is 0 Å². The molecule has 0 radical (unpaired) electrons. The molecule has 104 valence electrons. The summed E-state index contributed by atoms with van der Waals surface area (Å²) in [5.74, 6) is -1.19. The van der Waals surface area contributed by atoms with Crippen LogP contribution in [0.25, 0.3) is 11.0 Å². The first-order chi connectivity index (χ1) is 9.58. The Bertz CT molecular complexity index is 700. The fourth-order valence-corrected chi connectivity index (χ4v) is 1.60. The Kier molecular flexibility index (Phi) is 4.14. The van der Waals surface area contributed by atoms with Gasteiger partial charge in [-0.3, -0.25) is 9.59 Å². The summed E-state index contributed by atoms with van der Waals surface area (Å²) >= 11 is 0. The van der Waals surface area contributed by atoms with Gasteiger partial charge in [0.1, 0.15) is 17.8 Å². The molecule has 6 heteroatoms. The Morgan fingerprint density at radius 3 is 2.65 bits per heavy atom. The fraction of sp³-hybridized carbons (Fsp3) is 0.214. The van der Waals surface area contributed by atoms with Gasteiger partial charge in [0.15, 0.2) is 0 Å². The number of rotatable bonds is 4. The van der Waals surface area contributed by atoms with Gasteiger partial charge in [-0.05, 0) is 25.1 Å². The van der Waals surface area contributed by atoms with E-state index in [0.717, 1.165) is 0 Å². The third kappa shape index (κ3) is 3.44. The Balaban J connectivity index is 2.11. The largest absolute Gasteiger partial charge is 0.466 e. The SMILES string of the molecule is CCOC(=O)CC(=O)Oc1ccc2ccc(=O)oc2c1. The summed E-state index contributed by atoms with van der Waals surface area (Å²) in [5, 5.41) is 0.704. The fourth-order valence-electron chi connectivity index (χ4n) is 1.60. The second kappa shape index (κ2) is 6.01. The van der Waals surface area contributed by atoms with Gasteiger partial charge in [-0.25, -0.2) is 4.79 Å². The summed E-state index contributed by atoms with van der Waals surface area (Å²) in [5.41, 5.74) is -0.188. The number of hydrogen-bond donors (Lipinski definition) is 0. The number of benzene rings is 1. The Morgan fingerprint density at radius 2 is 1.90 bits per heavy atom. The molecular formula is C14H12O6. The molecule has 0 unspecified atom stereocenters. The van der Waals surface area contributed by atoms with Crippen LogP contribution in [0.15, 0.2) is 39.5 Å². The van der Waals surface area contributed by atoms with Gasteiger partial charge in [0.05, 0.1) is 6.61 Å². The van der Waals surface area contributed by atoms with Crippen molar-refractivity contribution in [3.05, 3.63) is 40.8 Å². The van der Waals surface area contributed by atoms with Crippen LogP contribution in [0.1, 0.15) is 13.3 Å². The number of carbonyl (C=O) groups excluding carboxylic acids is 2. The molecule has 0 amide bonds. The molecule has 2 aromatic rings. The van der Waals surface area contributed by atoms with Crippen LogP contribution in [0.4, 0.5) is 0 Å². The number of carbonyl (C=O) groups is 2. The van der Waals surface area contributed by atoms with E-state index >= 15 is 0 Å². The van der Waals surface area contributed by atoms with E-state index in [9.17, 15) is 14.4 Å². The van der Waals surface area contributed by atoms with Crippen LogP contribution in [0.5, 0.6) is 5.75 Å². The zero-order valence-electron chi connectivity index (χ0n) is 10.8. The van der Waals surface area contributed by atoms with E-state index in [1.165, 1.54) is 12.1 Å². The lowest BCUT2D eigenvalue weighted by molar-refractivity contribution is -0.149. The molecule has 0 bridgehead atoms. The van der Waals surface area contributed by atoms with Crippen molar-refractivity contribution in [3.8, 4) is 5.75 Å². The van der Waals surface area contributed by atoms with Gasteiger partial charge in [-0.2, -0.15) is 0 Å². The van der Waals surface area contributed by atoms with Gasteiger partial charge in [0.25, 0.3) is 0 Å². The summed E-state index contributed by atoms with van der Waals surface area (Å²) in [4.78, 5) is 33.7. The molecule has 0 atom stereocenters. The summed E-state index contributed by atoms with van der Waals surface area (Å²) in [7, 11) is 0. The third-order valence-corrected chi connectivity index (χ3v) is 2.42. The van der Waals surface area contributed by atoms with E-state index in [1.807, 2.05) is 0 Å². The quantitative estimate of drug-likeness (QED) is 0.365. The van der Waals surface area contributed by atoms with Crippen molar-refractivity contribution in [2.45, 2.75) is 13.3 Å². The first-order valence-corrected chi connectivity index (χ1v) is 5.98. The molecule has 0 saturated carbocycles. The molecule has 0 aliphatic carbocycles. The van der Waals surface area contributed by atoms with E-state index < -0.39 is 24.0 Å². The molecule has 20 heavy (non-hydrogen) atoms. The average Bonchev–Trinajstić information content (AvgIpc) is 2.38. The van der Waals surface area contributed by atoms with Crippen LogP contribution in [0.2, 0.25) is 0 Å². The monoisotopic (exact) mass is 276 g/mol. The maximum atomic E-state index is 11.5. The summed E-state index contributed by atoms with van der Waals surface area (Å²) < 4.78 is 14.6. The van der Waals surface area contributed by atoms with Crippen molar-refractivity contribution < 1.29 is 23.5 Å². The normalized spacial score (nSPS) is 10.2. The zero-order chi connectivity index (χ0) is 14.5. The summed E-state index contributed by atoms with van der Waals surface area (Å²) in [6, 6.07) is 7.51. The summed E-state index contributed by atoms with van der Waals surface area (Å²) in [6.07, 6.45) is -0.468. The topological polar surface area (TPSA) is 82.8 Å². The number of ether oxygens (including phenoxy) is 2. The van der Waals surface area contributed by atoms with Crippen LogP contribution in [0.3, 0.4) is 0 Å². The highest BCUT2D eigenvalue weighted by molar-refractivity contribution is 5.92. The molecule has 2 rings (SSSR count). The van der Waals surface area contributed by atoms with Gasteiger partial charge in [-0.15, -0.1) is 0 Å². The van der Waals surface area contributed by atoms with Gasteiger partial charge >= 0.3 is 17.6 Å². The lowest BCUT2D eigenvalue weighted by Crippen LogP contribution is -2.16. The lowest BCUT2D eigenvalue weighted by Gasteiger charge is -2.05. The Morgan fingerprint density at radius 1 is 1.15 bits per heavy atom. The molecule has 0 spiro atoms. The second-order valence-electron chi connectivity index (χ2n) is 3.91. The Labute approximate surface area is 113 Å². The predicted molar refractivity (Wildman–Crippen MR) is 69.4 cm³/mol. The van der Waals surface area contributed by atoms with Crippen LogP contribution in [-0.2, 0) is 14.3 Å². The van der Waals surface area contributed by atoms with Gasteiger partial charge in [0.2, 0.25) is 0 Å². The minimum Gasteiger partial charge on any atom is -0.466 e. The van der Waals surface area contributed by atoms with Crippen molar-refractivity contribution >= 4 is 22.9 Å². The minimum absolute atomic E-state index is 0.196. The highest BCUT2D eigenvalue weighted by Crippen LogP contribution is 2.19. The van der Waals surface area contributed by atoms with Crippen molar-refractivity contribution in [2.75, 3.05) is 6.61 Å². The van der Waals surface area contributed by atoms with Gasteiger partial charge < -0.3 is 13.9 Å². The standard InChI is InChI=1S/C14H12O6/c1-2-18-13(16)8-14(17)19-10-5-3-9-4-6-12(15)20-11(9)7-10/h3-7H,2,8H2,1H3. The zero-order valence-corrected chi connectivity index (χ0v) is 10.8. The molecule has 6 nitrogen and oxygen atoms in total. The van der Waals surface area contributed by atoms with E-state index in [4.69, 9.17) is 9.15 Å². The molecule has 0 aliphatic rings. The molecule has 0 fully saturated rings. The summed E-state index contributed by atoms with van der Waals surface area (Å²) in [6.45, 7) is 1.85. The minimum atomic E-state index is -0.735. The Hall–Kier alpha value is -2.63. The van der Waals surface area contributed by atoms with Crippen LogP contribution < -0.4 is 10.4 Å². The molecule has 1 aromatic carbocycles. The van der Waals surface area contributed by atoms with Gasteiger partial charge in [0, 0.05) is 17.5 Å². The van der Waals surface area contributed by atoms with Crippen LogP contribution in [0, 0.1) is 0 Å². The molecule has 1 heterocycles. The number of esters is 2. The van der Waals surface area contributed by atoms with E-state index in [2.05, 4.69) is 4.74 Å². The molecule has 0 saturated heterocycles. The average molecular weight is 276 g/mol. The second-order valence-corrected chi connectivity index (χ2v) is 3.91. The van der Waals surface area contributed by atoms with Crippen molar-refractivity contribution in [1.29, 1.82) is 0 Å². The molecule has 0 aliphatic heterocycles. The van der Waals surface area contributed by atoms with Crippen molar-refractivity contribution in [2.24, 2.45) is 0 Å². The molecule has 1 aromatic heterocycles. The maximum Gasteiger partial charge on any atom is 0.336 e. The van der Waals surface area contributed by atoms with Crippen molar-refractivity contribution in [3.63, 3.8) is 0 Å². The van der Waals surface area contributed by atoms with Crippen LogP contribution >= 0.6 is 0 Å². The van der Waals surface area contributed by atoms with Crippen LogP contribution in [-0.4, -0.2) is 18.5 Å². The number of hydrogen-bond acceptors (Lipinski definition) is 6. The van der Waals surface area contributed by atoms with E-state index in [0.29, 0.717) is 11.0 Å². The van der Waals surface area contributed by atoms with Crippen molar-refractivity contribution in [1.82, 2.24) is 0 Å². The predicted octanol–water partition coefficient (Wildman–Crippen LogP) is 1.65. The first-order valence-electron chi connectivity index (χ1n) is 5.98. The lowest BCUT2D eigenvalue weighted by atomic mass is 10.2. The van der Waals surface area contributed by atoms with E-state index in [-0.39, 0.29) is 12.4 Å². The highest BCUT2D eigenvalue weighted by Gasteiger charge is 2.13. The smallest absolute Gasteiger partial charge is 0.336 e. The van der Waals surface area contributed by atoms with E-state index in [1.54, 1.807) is 25.1 Å². The highest BCUT2D eigenvalue weighted by atomic mass is 16.6. The molecular weight excluding hydrogens is 264 g/mol.